The summed E-state index contributed by atoms with van der Waals surface area (Å²) < 4.78 is 1.81. The first-order valence-corrected chi connectivity index (χ1v) is 7.69. The van der Waals surface area contributed by atoms with E-state index in [2.05, 4.69) is 18.9 Å². The Bertz CT molecular complexity index is 496. The summed E-state index contributed by atoms with van der Waals surface area (Å²) in [5.74, 6) is 2.42. The predicted molar refractivity (Wildman–Crippen MR) is 80.7 cm³/mol. The van der Waals surface area contributed by atoms with Crippen molar-refractivity contribution in [3.63, 3.8) is 0 Å². The van der Waals surface area contributed by atoms with Gasteiger partial charge in [0, 0.05) is 11.9 Å². The van der Waals surface area contributed by atoms with Gasteiger partial charge in [0.05, 0.1) is 11.4 Å². The van der Waals surface area contributed by atoms with Gasteiger partial charge in [-0.2, -0.15) is 16.9 Å². The van der Waals surface area contributed by atoms with Crippen LogP contribution in [0.3, 0.4) is 0 Å². The number of thioether (sulfide) groups is 1. The molecule has 0 spiro atoms. The zero-order chi connectivity index (χ0) is 13.7. The maximum absolute atomic E-state index is 10.3. The fourth-order valence-corrected chi connectivity index (χ4v) is 2.85. The normalized spacial score (nSPS) is 12.8. The van der Waals surface area contributed by atoms with Crippen LogP contribution in [0.25, 0.3) is 5.69 Å². The van der Waals surface area contributed by atoms with E-state index in [0.29, 0.717) is 11.7 Å². The molecule has 1 aromatic carbocycles. The SMILES string of the molecule is CC(C)CSCC(O)c1ccnn1-c1ccccc1. The second-order valence-electron chi connectivity index (χ2n) is 4.95. The lowest BCUT2D eigenvalue weighted by molar-refractivity contribution is 0.196. The Labute approximate surface area is 118 Å². The van der Waals surface area contributed by atoms with E-state index in [1.165, 1.54) is 0 Å². The summed E-state index contributed by atoms with van der Waals surface area (Å²) in [5.41, 5.74) is 1.83. The molecule has 3 nitrogen and oxygen atoms in total. The van der Waals surface area contributed by atoms with E-state index in [1.807, 2.05) is 36.4 Å². The van der Waals surface area contributed by atoms with Crippen molar-refractivity contribution >= 4 is 11.8 Å². The van der Waals surface area contributed by atoms with E-state index in [-0.39, 0.29) is 0 Å². The average molecular weight is 276 g/mol. The molecule has 1 aromatic heterocycles. The molecule has 2 aromatic rings. The lowest BCUT2D eigenvalue weighted by atomic mass is 10.2. The van der Waals surface area contributed by atoms with Crippen molar-refractivity contribution in [1.82, 2.24) is 9.78 Å². The van der Waals surface area contributed by atoms with Gasteiger partial charge in [-0.05, 0) is 29.9 Å². The average Bonchev–Trinajstić information content (AvgIpc) is 2.88. The van der Waals surface area contributed by atoms with Gasteiger partial charge < -0.3 is 5.11 Å². The van der Waals surface area contributed by atoms with E-state index < -0.39 is 6.10 Å². The smallest absolute Gasteiger partial charge is 0.105 e. The van der Waals surface area contributed by atoms with Crippen LogP contribution in [-0.2, 0) is 0 Å². The fourth-order valence-electron chi connectivity index (χ4n) is 1.85. The number of benzene rings is 1. The molecule has 1 N–H and O–H groups in total. The highest BCUT2D eigenvalue weighted by Crippen LogP contribution is 2.21. The van der Waals surface area contributed by atoms with Crippen molar-refractivity contribution < 1.29 is 5.11 Å². The quantitative estimate of drug-likeness (QED) is 0.879. The molecule has 1 unspecified atom stereocenters. The summed E-state index contributed by atoms with van der Waals surface area (Å²) in [5, 5.41) is 14.6. The van der Waals surface area contributed by atoms with Crippen molar-refractivity contribution in [3.8, 4) is 5.69 Å². The summed E-state index contributed by atoms with van der Waals surface area (Å²) >= 11 is 1.78. The Morgan fingerprint density at radius 3 is 2.58 bits per heavy atom. The number of rotatable bonds is 6. The van der Waals surface area contributed by atoms with Crippen molar-refractivity contribution in [3.05, 3.63) is 48.3 Å². The Kier molecular flexibility index (Phi) is 5.05. The van der Waals surface area contributed by atoms with E-state index in [9.17, 15) is 5.11 Å². The molecule has 0 bridgehead atoms. The predicted octanol–water partition coefficient (Wildman–Crippen LogP) is 3.29. The molecule has 0 aliphatic carbocycles. The fraction of sp³-hybridized carbons (Fsp3) is 0.400. The van der Waals surface area contributed by atoms with Crippen LogP contribution in [0.15, 0.2) is 42.6 Å². The van der Waals surface area contributed by atoms with Crippen LogP contribution in [0.1, 0.15) is 25.6 Å². The number of hydrogen-bond acceptors (Lipinski definition) is 3. The molecule has 102 valence electrons. The summed E-state index contributed by atoms with van der Waals surface area (Å²) in [6, 6.07) is 11.8. The number of nitrogens with zero attached hydrogens (tertiary/aromatic N) is 2. The van der Waals surface area contributed by atoms with Crippen LogP contribution < -0.4 is 0 Å². The van der Waals surface area contributed by atoms with Crippen LogP contribution in [0.5, 0.6) is 0 Å². The van der Waals surface area contributed by atoms with E-state index in [4.69, 9.17) is 0 Å². The molecule has 4 heteroatoms. The van der Waals surface area contributed by atoms with Crippen LogP contribution in [-0.4, -0.2) is 26.4 Å². The lowest BCUT2D eigenvalue weighted by Crippen LogP contribution is -2.10. The number of para-hydroxylation sites is 1. The van der Waals surface area contributed by atoms with Gasteiger partial charge in [-0.3, -0.25) is 0 Å². The maximum Gasteiger partial charge on any atom is 0.105 e. The molecule has 1 atom stereocenters. The molecule has 0 aliphatic heterocycles. The van der Waals surface area contributed by atoms with E-state index in [0.717, 1.165) is 17.1 Å². The Morgan fingerprint density at radius 2 is 1.89 bits per heavy atom. The molecule has 0 aliphatic rings. The highest BCUT2D eigenvalue weighted by Gasteiger charge is 2.14. The van der Waals surface area contributed by atoms with Gasteiger partial charge in [0.2, 0.25) is 0 Å². The van der Waals surface area contributed by atoms with Crippen molar-refractivity contribution in [2.24, 2.45) is 5.92 Å². The van der Waals surface area contributed by atoms with Crippen LogP contribution in [0, 0.1) is 5.92 Å². The molecule has 2 rings (SSSR count). The summed E-state index contributed by atoms with van der Waals surface area (Å²) in [6.45, 7) is 4.38. The standard InChI is InChI=1S/C15H20N2OS/c1-12(2)10-19-11-15(18)14-8-9-16-17(14)13-6-4-3-5-7-13/h3-9,12,15,18H,10-11H2,1-2H3. The van der Waals surface area contributed by atoms with Crippen molar-refractivity contribution in [2.75, 3.05) is 11.5 Å². The third-order valence-corrected chi connectivity index (χ3v) is 4.19. The van der Waals surface area contributed by atoms with Gasteiger partial charge in [0.1, 0.15) is 6.10 Å². The molecular weight excluding hydrogens is 256 g/mol. The van der Waals surface area contributed by atoms with Crippen LogP contribution >= 0.6 is 11.8 Å². The first-order chi connectivity index (χ1) is 9.18. The van der Waals surface area contributed by atoms with Gasteiger partial charge in [-0.15, -0.1) is 0 Å². The third kappa shape index (κ3) is 3.85. The first-order valence-electron chi connectivity index (χ1n) is 6.53. The summed E-state index contributed by atoms with van der Waals surface area (Å²) in [4.78, 5) is 0. The van der Waals surface area contributed by atoms with Crippen LogP contribution in [0.2, 0.25) is 0 Å². The molecule has 0 saturated heterocycles. The zero-order valence-corrected chi connectivity index (χ0v) is 12.2. The molecule has 0 fully saturated rings. The lowest BCUT2D eigenvalue weighted by Gasteiger charge is -2.14. The Morgan fingerprint density at radius 1 is 1.16 bits per heavy atom. The van der Waals surface area contributed by atoms with Crippen molar-refractivity contribution in [1.29, 1.82) is 0 Å². The molecular formula is C15H20N2OS. The molecule has 0 amide bonds. The molecule has 0 radical (unpaired) electrons. The highest BCUT2D eigenvalue weighted by atomic mass is 32.2. The van der Waals surface area contributed by atoms with Crippen LogP contribution in [0.4, 0.5) is 0 Å². The van der Waals surface area contributed by atoms with Crippen molar-refractivity contribution in [2.45, 2.75) is 20.0 Å². The second-order valence-corrected chi connectivity index (χ2v) is 6.03. The molecule has 19 heavy (non-hydrogen) atoms. The third-order valence-electron chi connectivity index (χ3n) is 2.74. The van der Waals surface area contributed by atoms with Gasteiger partial charge in [-0.25, -0.2) is 4.68 Å². The Balaban J connectivity index is 2.07. The number of aliphatic hydroxyl groups excluding tert-OH is 1. The largest absolute Gasteiger partial charge is 0.386 e. The van der Waals surface area contributed by atoms with E-state index >= 15 is 0 Å². The van der Waals surface area contributed by atoms with E-state index in [1.54, 1.807) is 22.6 Å². The zero-order valence-electron chi connectivity index (χ0n) is 11.4. The maximum atomic E-state index is 10.3. The minimum absolute atomic E-state index is 0.480. The monoisotopic (exact) mass is 276 g/mol. The van der Waals surface area contributed by atoms with Gasteiger partial charge in [-0.1, -0.05) is 32.0 Å². The minimum atomic E-state index is -0.480. The first kappa shape index (κ1) is 14.2. The number of aliphatic hydroxyl groups is 1. The summed E-state index contributed by atoms with van der Waals surface area (Å²) in [6.07, 6.45) is 1.25. The Hall–Kier alpha value is -1.26. The van der Waals surface area contributed by atoms with Gasteiger partial charge >= 0.3 is 0 Å². The molecule has 1 heterocycles. The molecule has 0 saturated carbocycles. The number of hydrogen-bond donors (Lipinski definition) is 1. The van der Waals surface area contributed by atoms with Gasteiger partial charge in [0.15, 0.2) is 0 Å². The van der Waals surface area contributed by atoms with Gasteiger partial charge in [0.25, 0.3) is 0 Å². The summed E-state index contributed by atoms with van der Waals surface area (Å²) in [7, 11) is 0. The minimum Gasteiger partial charge on any atom is -0.386 e. The highest BCUT2D eigenvalue weighted by molar-refractivity contribution is 7.99. The number of aromatic nitrogens is 2. The topological polar surface area (TPSA) is 38.1 Å². The second kappa shape index (κ2) is 6.78.